The quantitative estimate of drug-likeness (QED) is 0.862. The Kier molecular flexibility index (Phi) is 3.36. The number of pyridine rings is 1. The van der Waals surface area contributed by atoms with Crippen LogP contribution in [-0.4, -0.2) is 10.9 Å². The lowest BCUT2D eigenvalue weighted by molar-refractivity contribution is 0.102. The Morgan fingerprint density at radius 2 is 2.25 bits per heavy atom. The zero-order valence-electron chi connectivity index (χ0n) is 8.53. The number of halogens is 1. The van der Waals surface area contributed by atoms with Crippen LogP contribution in [0.3, 0.4) is 0 Å². The minimum absolute atomic E-state index is 0.121. The Morgan fingerprint density at radius 3 is 2.88 bits per heavy atom. The van der Waals surface area contributed by atoms with Crippen molar-refractivity contribution in [1.82, 2.24) is 4.98 Å². The standard InChI is InChI=1S/C11H9BrN2OS/c1-7-5-16-6-8(7)11(15)14-10-4-2-3-9(12)13-10/h2-6H,1H3,(H,13,14,15). The molecule has 1 amide bonds. The van der Waals surface area contributed by atoms with E-state index >= 15 is 0 Å². The lowest BCUT2D eigenvalue weighted by Crippen LogP contribution is -2.13. The van der Waals surface area contributed by atoms with E-state index in [1.807, 2.05) is 29.8 Å². The molecule has 0 atom stereocenters. The molecule has 0 bridgehead atoms. The van der Waals surface area contributed by atoms with Crippen LogP contribution in [0.5, 0.6) is 0 Å². The Morgan fingerprint density at radius 1 is 1.44 bits per heavy atom. The molecule has 1 N–H and O–H groups in total. The largest absolute Gasteiger partial charge is 0.306 e. The molecule has 2 heterocycles. The lowest BCUT2D eigenvalue weighted by atomic mass is 10.2. The number of hydrogen-bond donors (Lipinski definition) is 1. The highest BCUT2D eigenvalue weighted by Crippen LogP contribution is 2.16. The number of carbonyl (C=O) groups is 1. The average Bonchev–Trinajstić information content (AvgIpc) is 2.64. The van der Waals surface area contributed by atoms with Crippen molar-refractivity contribution >= 4 is 39.0 Å². The van der Waals surface area contributed by atoms with Gasteiger partial charge >= 0.3 is 0 Å². The average molecular weight is 297 g/mol. The van der Waals surface area contributed by atoms with Crippen molar-refractivity contribution in [3.05, 3.63) is 44.7 Å². The van der Waals surface area contributed by atoms with Crippen LogP contribution >= 0.6 is 27.3 Å². The monoisotopic (exact) mass is 296 g/mol. The van der Waals surface area contributed by atoms with Gasteiger partial charge in [0, 0.05) is 5.38 Å². The molecule has 0 aromatic carbocycles. The molecular formula is C11H9BrN2OS. The van der Waals surface area contributed by atoms with E-state index in [9.17, 15) is 4.79 Å². The first-order chi connectivity index (χ1) is 7.66. The van der Waals surface area contributed by atoms with Crippen molar-refractivity contribution in [2.24, 2.45) is 0 Å². The summed E-state index contributed by atoms with van der Waals surface area (Å²) in [4.78, 5) is 16.0. The summed E-state index contributed by atoms with van der Waals surface area (Å²) in [6.07, 6.45) is 0. The molecule has 2 rings (SSSR count). The second kappa shape index (κ2) is 4.76. The fourth-order valence-corrected chi connectivity index (χ4v) is 2.43. The van der Waals surface area contributed by atoms with Gasteiger partial charge in [-0.25, -0.2) is 4.98 Å². The number of nitrogens with zero attached hydrogens (tertiary/aromatic N) is 1. The molecule has 5 heteroatoms. The smallest absolute Gasteiger partial charge is 0.257 e. The SMILES string of the molecule is Cc1cscc1C(=O)Nc1cccc(Br)n1. The molecule has 16 heavy (non-hydrogen) atoms. The van der Waals surface area contributed by atoms with Gasteiger partial charge in [-0.1, -0.05) is 6.07 Å². The number of rotatable bonds is 2. The van der Waals surface area contributed by atoms with Crippen LogP contribution in [-0.2, 0) is 0 Å². The second-order valence-electron chi connectivity index (χ2n) is 3.27. The summed E-state index contributed by atoms with van der Waals surface area (Å²) in [5.41, 5.74) is 1.68. The van der Waals surface area contributed by atoms with Gasteiger partial charge in [-0.15, -0.1) is 0 Å². The van der Waals surface area contributed by atoms with E-state index < -0.39 is 0 Å². The molecule has 0 aliphatic carbocycles. The van der Waals surface area contributed by atoms with E-state index in [1.165, 1.54) is 11.3 Å². The van der Waals surface area contributed by atoms with Crippen LogP contribution in [0.4, 0.5) is 5.82 Å². The van der Waals surface area contributed by atoms with Crippen LogP contribution in [0.2, 0.25) is 0 Å². The Balaban J connectivity index is 2.17. The minimum Gasteiger partial charge on any atom is -0.306 e. The maximum atomic E-state index is 11.8. The molecule has 0 unspecified atom stereocenters. The van der Waals surface area contributed by atoms with E-state index in [4.69, 9.17) is 0 Å². The Bertz CT molecular complexity index is 524. The number of carbonyl (C=O) groups excluding carboxylic acids is 1. The first-order valence-electron chi connectivity index (χ1n) is 4.63. The maximum absolute atomic E-state index is 11.8. The number of amides is 1. The first-order valence-corrected chi connectivity index (χ1v) is 6.37. The van der Waals surface area contributed by atoms with Gasteiger partial charge in [0.25, 0.3) is 5.91 Å². The molecular weight excluding hydrogens is 288 g/mol. The summed E-state index contributed by atoms with van der Waals surface area (Å²) in [6.45, 7) is 1.92. The highest BCUT2D eigenvalue weighted by molar-refractivity contribution is 9.10. The van der Waals surface area contributed by atoms with E-state index in [2.05, 4.69) is 26.2 Å². The van der Waals surface area contributed by atoms with Crippen molar-refractivity contribution in [2.75, 3.05) is 5.32 Å². The van der Waals surface area contributed by atoms with E-state index in [0.717, 1.165) is 5.56 Å². The molecule has 0 aliphatic rings. The number of nitrogens with one attached hydrogen (secondary N) is 1. The molecule has 0 radical (unpaired) electrons. The second-order valence-corrected chi connectivity index (χ2v) is 4.82. The van der Waals surface area contributed by atoms with Gasteiger partial charge in [0.05, 0.1) is 5.56 Å². The number of thiophene rings is 1. The predicted octanol–water partition coefficient (Wildman–Crippen LogP) is 3.47. The zero-order valence-corrected chi connectivity index (χ0v) is 10.9. The van der Waals surface area contributed by atoms with Crippen LogP contribution in [0.1, 0.15) is 15.9 Å². The van der Waals surface area contributed by atoms with Gasteiger partial charge in [0.2, 0.25) is 0 Å². The number of hydrogen-bond acceptors (Lipinski definition) is 3. The normalized spacial score (nSPS) is 10.1. The van der Waals surface area contributed by atoms with E-state index in [0.29, 0.717) is 16.0 Å². The first kappa shape index (κ1) is 11.3. The lowest BCUT2D eigenvalue weighted by Gasteiger charge is -2.03. The molecule has 3 nitrogen and oxygen atoms in total. The topological polar surface area (TPSA) is 42.0 Å². The molecule has 2 aromatic rings. The Labute approximate surface area is 106 Å². The summed E-state index contributed by atoms with van der Waals surface area (Å²) in [6, 6.07) is 5.39. The third-order valence-electron chi connectivity index (χ3n) is 2.06. The molecule has 2 aromatic heterocycles. The van der Waals surface area contributed by atoms with Gasteiger partial charge < -0.3 is 5.32 Å². The van der Waals surface area contributed by atoms with Crippen LogP contribution in [0, 0.1) is 6.92 Å². The minimum atomic E-state index is -0.121. The summed E-state index contributed by atoms with van der Waals surface area (Å²) in [7, 11) is 0. The summed E-state index contributed by atoms with van der Waals surface area (Å²) >= 11 is 4.77. The fraction of sp³-hybridized carbons (Fsp3) is 0.0909. The molecule has 82 valence electrons. The van der Waals surface area contributed by atoms with Crippen molar-refractivity contribution in [3.8, 4) is 0 Å². The van der Waals surface area contributed by atoms with E-state index in [-0.39, 0.29) is 5.91 Å². The van der Waals surface area contributed by atoms with Gasteiger partial charge in [0.1, 0.15) is 10.4 Å². The number of aryl methyl sites for hydroxylation is 1. The fourth-order valence-electron chi connectivity index (χ4n) is 1.25. The maximum Gasteiger partial charge on any atom is 0.257 e. The number of aromatic nitrogens is 1. The van der Waals surface area contributed by atoms with Crippen molar-refractivity contribution in [3.63, 3.8) is 0 Å². The van der Waals surface area contributed by atoms with Crippen molar-refractivity contribution < 1.29 is 4.79 Å². The van der Waals surface area contributed by atoms with E-state index in [1.54, 1.807) is 6.07 Å². The third-order valence-corrected chi connectivity index (χ3v) is 3.36. The van der Waals surface area contributed by atoms with Gasteiger partial charge in [-0.2, -0.15) is 11.3 Å². The third kappa shape index (κ3) is 2.48. The molecule has 0 aliphatic heterocycles. The summed E-state index contributed by atoms with van der Waals surface area (Å²) < 4.78 is 0.701. The molecule has 0 saturated heterocycles. The van der Waals surface area contributed by atoms with Crippen molar-refractivity contribution in [2.45, 2.75) is 6.92 Å². The van der Waals surface area contributed by atoms with Gasteiger partial charge in [-0.3, -0.25) is 4.79 Å². The van der Waals surface area contributed by atoms with Crippen LogP contribution in [0.15, 0.2) is 33.6 Å². The highest BCUT2D eigenvalue weighted by atomic mass is 79.9. The summed E-state index contributed by atoms with van der Waals surface area (Å²) in [5, 5.41) is 6.54. The molecule has 0 spiro atoms. The van der Waals surface area contributed by atoms with Gasteiger partial charge in [0.15, 0.2) is 0 Å². The number of anilines is 1. The van der Waals surface area contributed by atoms with Gasteiger partial charge in [-0.05, 0) is 45.9 Å². The summed E-state index contributed by atoms with van der Waals surface area (Å²) in [5.74, 6) is 0.425. The molecule has 0 fully saturated rings. The Hall–Kier alpha value is -1.20. The van der Waals surface area contributed by atoms with Crippen LogP contribution in [0.25, 0.3) is 0 Å². The van der Waals surface area contributed by atoms with Crippen molar-refractivity contribution in [1.29, 1.82) is 0 Å². The predicted molar refractivity (Wildman–Crippen MR) is 68.9 cm³/mol. The van der Waals surface area contributed by atoms with Crippen LogP contribution < -0.4 is 5.32 Å². The highest BCUT2D eigenvalue weighted by Gasteiger charge is 2.10. The molecule has 0 saturated carbocycles. The zero-order chi connectivity index (χ0) is 11.5.